The van der Waals surface area contributed by atoms with Crippen LogP contribution < -0.4 is 5.73 Å². The highest BCUT2D eigenvalue weighted by Crippen LogP contribution is 2.36. The fourth-order valence-corrected chi connectivity index (χ4v) is 2.94. The van der Waals surface area contributed by atoms with Gasteiger partial charge in [-0.2, -0.15) is 0 Å². The second-order valence-electron chi connectivity index (χ2n) is 4.81. The SMILES string of the molecule is NC(=O)[C@@H](Sc1ncc(-c2ccc(F)cc2)o1)c1ccccc1. The number of halogens is 1. The van der Waals surface area contributed by atoms with E-state index in [0.29, 0.717) is 16.5 Å². The summed E-state index contributed by atoms with van der Waals surface area (Å²) < 4.78 is 18.6. The maximum Gasteiger partial charge on any atom is 0.257 e. The third-order valence-electron chi connectivity index (χ3n) is 3.19. The zero-order chi connectivity index (χ0) is 16.2. The van der Waals surface area contributed by atoms with Crippen LogP contribution in [0, 0.1) is 5.82 Å². The topological polar surface area (TPSA) is 69.1 Å². The molecule has 0 saturated heterocycles. The quantitative estimate of drug-likeness (QED) is 0.723. The van der Waals surface area contributed by atoms with E-state index in [4.69, 9.17) is 10.2 Å². The van der Waals surface area contributed by atoms with E-state index in [1.165, 1.54) is 12.1 Å². The van der Waals surface area contributed by atoms with Crippen LogP contribution in [0.4, 0.5) is 4.39 Å². The van der Waals surface area contributed by atoms with Gasteiger partial charge in [0, 0.05) is 5.56 Å². The number of nitrogens with zero attached hydrogens (tertiary/aromatic N) is 1. The minimum atomic E-state index is -0.587. The smallest absolute Gasteiger partial charge is 0.257 e. The van der Waals surface area contributed by atoms with Gasteiger partial charge in [-0.25, -0.2) is 9.37 Å². The number of oxazole rings is 1. The molecule has 1 heterocycles. The maximum atomic E-state index is 13.0. The summed E-state index contributed by atoms with van der Waals surface area (Å²) in [5, 5.41) is -0.257. The molecule has 2 aromatic carbocycles. The molecule has 23 heavy (non-hydrogen) atoms. The number of aromatic nitrogens is 1. The first-order chi connectivity index (χ1) is 11.1. The van der Waals surface area contributed by atoms with Crippen molar-refractivity contribution in [3.05, 3.63) is 72.2 Å². The molecule has 3 aromatic rings. The Labute approximate surface area is 136 Å². The van der Waals surface area contributed by atoms with E-state index in [9.17, 15) is 9.18 Å². The lowest BCUT2D eigenvalue weighted by Gasteiger charge is -2.10. The molecule has 0 fully saturated rings. The van der Waals surface area contributed by atoms with E-state index in [1.54, 1.807) is 18.3 Å². The zero-order valence-electron chi connectivity index (χ0n) is 12.0. The second kappa shape index (κ2) is 6.66. The Hall–Kier alpha value is -2.60. The van der Waals surface area contributed by atoms with E-state index >= 15 is 0 Å². The fourth-order valence-electron chi connectivity index (χ4n) is 2.08. The highest BCUT2D eigenvalue weighted by molar-refractivity contribution is 8.00. The van der Waals surface area contributed by atoms with Gasteiger partial charge in [0.1, 0.15) is 11.1 Å². The molecule has 0 aliphatic carbocycles. The Morgan fingerprint density at radius 3 is 2.48 bits per heavy atom. The van der Waals surface area contributed by atoms with E-state index < -0.39 is 11.2 Å². The van der Waals surface area contributed by atoms with Gasteiger partial charge >= 0.3 is 0 Å². The van der Waals surface area contributed by atoms with Gasteiger partial charge < -0.3 is 10.2 Å². The summed E-state index contributed by atoms with van der Waals surface area (Å²) in [4.78, 5) is 15.9. The minimum Gasteiger partial charge on any atom is -0.431 e. The molecule has 1 atom stereocenters. The Balaban J connectivity index is 1.82. The maximum absolute atomic E-state index is 13.0. The number of hydrogen-bond donors (Lipinski definition) is 1. The van der Waals surface area contributed by atoms with Crippen molar-refractivity contribution in [1.29, 1.82) is 0 Å². The van der Waals surface area contributed by atoms with E-state index in [0.717, 1.165) is 17.3 Å². The number of carbonyl (C=O) groups excluding carboxylic acids is 1. The predicted octanol–water partition coefficient (Wildman–Crippen LogP) is 3.80. The van der Waals surface area contributed by atoms with Crippen LogP contribution in [0.15, 0.2) is 70.4 Å². The van der Waals surface area contributed by atoms with Gasteiger partial charge in [0.15, 0.2) is 5.76 Å². The third kappa shape index (κ3) is 3.60. The summed E-state index contributed by atoms with van der Waals surface area (Å²) in [5.41, 5.74) is 6.97. The number of primary amides is 1. The number of nitrogens with two attached hydrogens (primary N) is 1. The van der Waals surface area contributed by atoms with E-state index in [2.05, 4.69) is 4.98 Å². The van der Waals surface area contributed by atoms with Crippen molar-refractivity contribution in [2.75, 3.05) is 0 Å². The highest BCUT2D eigenvalue weighted by Gasteiger charge is 2.22. The molecule has 3 rings (SSSR count). The van der Waals surface area contributed by atoms with Crippen molar-refractivity contribution in [2.45, 2.75) is 10.5 Å². The van der Waals surface area contributed by atoms with Gasteiger partial charge in [0.05, 0.1) is 6.20 Å². The van der Waals surface area contributed by atoms with Gasteiger partial charge in [-0.3, -0.25) is 4.79 Å². The summed E-state index contributed by atoms with van der Waals surface area (Å²) in [7, 11) is 0. The van der Waals surface area contributed by atoms with Crippen LogP contribution in [0.5, 0.6) is 0 Å². The molecule has 6 heteroatoms. The van der Waals surface area contributed by atoms with Crippen LogP contribution in [-0.2, 0) is 4.79 Å². The summed E-state index contributed by atoms with van der Waals surface area (Å²) in [6.07, 6.45) is 1.54. The first-order valence-electron chi connectivity index (χ1n) is 6.86. The highest BCUT2D eigenvalue weighted by atomic mass is 32.2. The molecule has 2 N–H and O–H groups in total. The molecule has 0 aliphatic heterocycles. The zero-order valence-corrected chi connectivity index (χ0v) is 12.8. The molecule has 0 spiro atoms. The van der Waals surface area contributed by atoms with Crippen molar-refractivity contribution in [3.63, 3.8) is 0 Å². The van der Waals surface area contributed by atoms with E-state index in [-0.39, 0.29) is 5.82 Å². The lowest BCUT2D eigenvalue weighted by Crippen LogP contribution is -2.18. The van der Waals surface area contributed by atoms with Crippen molar-refractivity contribution in [3.8, 4) is 11.3 Å². The first-order valence-corrected chi connectivity index (χ1v) is 7.74. The molecule has 0 aliphatic rings. The Morgan fingerprint density at radius 2 is 1.83 bits per heavy atom. The lowest BCUT2D eigenvalue weighted by molar-refractivity contribution is -0.117. The van der Waals surface area contributed by atoms with E-state index in [1.807, 2.05) is 30.3 Å². The van der Waals surface area contributed by atoms with Crippen LogP contribution in [0.3, 0.4) is 0 Å². The fraction of sp³-hybridized carbons (Fsp3) is 0.0588. The third-order valence-corrected chi connectivity index (χ3v) is 4.32. The van der Waals surface area contributed by atoms with Crippen molar-refractivity contribution in [2.24, 2.45) is 5.73 Å². The summed E-state index contributed by atoms with van der Waals surface area (Å²) >= 11 is 1.14. The molecule has 1 amide bonds. The molecule has 116 valence electrons. The summed E-state index contributed by atoms with van der Waals surface area (Å²) in [5.74, 6) is -0.285. The van der Waals surface area contributed by atoms with Crippen molar-refractivity contribution < 1.29 is 13.6 Å². The van der Waals surface area contributed by atoms with Gasteiger partial charge in [-0.1, -0.05) is 30.3 Å². The van der Waals surface area contributed by atoms with Crippen LogP contribution in [0.2, 0.25) is 0 Å². The first kappa shape index (κ1) is 15.3. The second-order valence-corrected chi connectivity index (χ2v) is 5.86. The average Bonchev–Trinajstić information content (AvgIpc) is 3.02. The number of amides is 1. The molecule has 0 bridgehead atoms. The normalized spacial score (nSPS) is 12.0. The molecule has 0 radical (unpaired) electrons. The molecule has 0 saturated carbocycles. The molecular weight excluding hydrogens is 315 g/mol. The molecule has 4 nitrogen and oxygen atoms in total. The van der Waals surface area contributed by atoms with Crippen LogP contribution >= 0.6 is 11.8 Å². The van der Waals surface area contributed by atoms with Crippen LogP contribution in [0.1, 0.15) is 10.8 Å². The standard InChI is InChI=1S/C17H13FN2O2S/c18-13-8-6-11(7-9-13)14-10-20-17(22-14)23-15(16(19)21)12-4-2-1-3-5-12/h1-10,15H,(H2,19,21)/t15-/m0/s1. The van der Waals surface area contributed by atoms with Gasteiger partial charge in [-0.15, -0.1) is 0 Å². The summed E-state index contributed by atoms with van der Waals surface area (Å²) in [6, 6.07) is 15.1. The van der Waals surface area contributed by atoms with Gasteiger partial charge in [0.2, 0.25) is 5.91 Å². The number of rotatable bonds is 5. The molecule has 1 aromatic heterocycles. The number of carbonyl (C=O) groups is 1. The minimum absolute atomic E-state index is 0.319. The number of hydrogen-bond acceptors (Lipinski definition) is 4. The monoisotopic (exact) mass is 328 g/mol. The van der Waals surface area contributed by atoms with Crippen LogP contribution in [0.25, 0.3) is 11.3 Å². The largest absolute Gasteiger partial charge is 0.431 e. The lowest BCUT2D eigenvalue weighted by atomic mass is 10.1. The average molecular weight is 328 g/mol. The Kier molecular flexibility index (Phi) is 4.43. The van der Waals surface area contributed by atoms with Crippen molar-refractivity contribution >= 4 is 17.7 Å². The van der Waals surface area contributed by atoms with Crippen molar-refractivity contribution in [1.82, 2.24) is 4.98 Å². The van der Waals surface area contributed by atoms with Gasteiger partial charge in [-0.05, 0) is 41.6 Å². The Bertz CT molecular complexity index is 803. The molecule has 0 unspecified atom stereocenters. The molecular formula is C17H13FN2O2S. The Morgan fingerprint density at radius 1 is 1.13 bits per heavy atom. The number of benzene rings is 2. The van der Waals surface area contributed by atoms with Crippen LogP contribution in [-0.4, -0.2) is 10.9 Å². The number of thioether (sulfide) groups is 1. The van der Waals surface area contributed by atoms with Gasteiger partial charge in [0.25, 0.3) is 5.22 Å². The summed E-state index contributed by atoms with van der Waals surface area (Å²) in [6.45, 7) is 0. The predicted molar refractivity (Wildman–Crippen MR) is 86.1 cm³/mol.